The zero-order valence-corrected chi connectivity index (χ0v) is 12.5. The van der Waals surface area contributed by atoms with Gasteiger partial charge in [0.2, 0.25) is 5.91 Å². The van der Waals surface area contributed by atoms with Crippen molar-refractivity contribution in [2.45, 2.75) is 52.0 Å². The van der Waals surface area contributed by atoms with E-state index in [-0.39, 0.29) is 18.4 Å². The summed E-state index contributed by atoms with van der Waals surface area (Å²) >= 11 is 0. The van der Waals surface area contributed by atoms with Gasteiger partial charge in [0.1, 0.15) is 0 Å². The van der Waals surface area contributed by atoms with Crippen LogP contribution in [-0.2, 0) is 4.79 Å². The van der Waals surface area contributed by atoms with E-state index in [4.69, 9.17) is 0 Å². The number of nitrogens with one attached hydrogen (secondary N) is 1. The Balaban J connectivity index is 0.00000162. The first kappa shape index (κ1) is 15.8. The molecule has 0 saturated carbocycles. The Kier molecular flexibility index (Phi) is 6.44. The molecule has 1 atom stereocenters. The molecule has 3 nitrogen and oxygen atoms in total. The van der Waals surface area contributed by atoms with Gasteiger partial charge in [-0.05, 0) is 44.1 Å². The molecule has 0 unspecified atom stereocenters. The van der Waals surface area contributed by atoms with Crippen LogP contribution in [0, 0.1) is 11.8 Å². The van der Waals surface area contributed by atoms with Crippen LogP contribution in [0.15, 0.2) is 0 Å². The van der Waals surface area contributed by atoms with Crippen LogP contribution in [0.4, 0.5) is 0 Å². The molecule has 0 aliphatic carbocycles. The summed E-state index contributed by atoms with van der Waals surface area (Å²) in [7, 11) is 0. The fourth-order valence-electron chi connectivity index (χ4n) is 3.07. The molecule has 2 fully saturated rings. The van der Waals surface area contributed by atoms with E-state index in [1.54, 1.807) is 0 Å². The van der Waals surface area contributed by atoms with Gasteiger partial charge in [0.25, 0.3) is 0 Å². The first-order valence-electron chi connectivity index (χ1n) is 7.20. The largest absolute Gasteiger partial charge is 0.341 e. The van der Waals surface area contributed by atoms with Crippen LogP contribution in [0.25, 0.3) is 0 Å². The normalized spacial score (nSPS) is 25.9. The number of piperidine rings is 2. The smallest absolute Gasteiger partial charge is 0.239 e. The highest BCUT2D eigenvalue weighted by Crippen LogP contribution is 2.25. The van der Waals surface area contributed by atoms with E-state index in [1.165, 1.54) is 25.7 Å². The van der Waals surface area contributed by atoms with Gasteiger partial charge in [0, 0.05) is 13.1 Å². The zero-order valence-electron chi connectivity index (χ0n) is 11.7. The van der Waals surface area contributed by atoms with E-state index in [0.717, 1.165) is 37.9 Å². The standard InChI is InChI=1S/C14H26N2O.ClH/c1-11(2)12-6-9-16(10-7-12)14(17)13-5-3-4-8-15-13;/h11-13,15H,3-10H2,1-2H3;1H/t13-;/m1./s1. The molecular formula is C14H27ClN2O. The Morgan fingerprint density at radius 1 is 1.17 bits per heavy atom. The molecule has 4 heteroatoms. The van der Waals surface area contributed by atoms with Crippen LogP contribution in [0.1, 0.15) is 46.0 Å². The molecule has 2 aliphatic heterocycles. The highest BCUT2D eigenvalue weighted by Gasteiger charge is 2.29. The Hall–Kier alpha value is -0.280. The van der Waals surface area contributed by atoms with Crippen molar-refractivity contribution in [1.29, 1.82) is 0 Å². The number of rotatable bonds is 2. The predicted molar refractivity (Wildman–Crippen MR) is 77.0 cm³/mol. The molecule has 0 spiro atoms. The van der Waals surface area contributed by atoms with E-state index in [2.05, 4.69) is 24.1 Å². The summed E-state index contributed by atoms with van der Waals surface area (Å²) in [4.78, 5) is 14.4. The van der Waals surface area contributed by atoms with E-state index >= 15 is 0 Å². The van der Waals surface area contributed by atoms with Gasteiger partial charge >= 0.3 is 0 Å². The Morgan fingerprint density at radius 3 is 2.33 bits per heavy atom. The van der Waals surface area contributed by atoms with Crippen molar-refractivity contribution in [2.24, 2.45) is 11.8 Å². The second kappa shape index (κ2) is 7.34. The number of carbonyl (C=O) groups excluding carboxylic acids is 1. The van der Waals surface area contributed by atoms with Gasteiger partial charge in [-0.15, -0.1) is 12.4 Å². The number of hydrogen-bond donors (Lipinski definition) is 1. The highest BCUT2D eigenvalue weighted by molar-refractivity contribution is 5.85. The van der Waals surface area contributed by atoms with Crippen LogP contribution in [0.5, 0.6) is 0 Å². The number of halogens is 1. The lowest BCUT2D eigenvalue weighted by Crippen LogP contribution is -2.51. The molecule has 0 aromatic heterocycles. The van der Waals surface area contributed by atoms with Gasteiger partial charge in [-0.2, -0.15) is 0 Å². The van der Waals surface area contributed by atoms with Crippen molar-refractivity contribution in [3.63, 3.8) is 0 Å². The fraction of sp³-hybridized carbons (Fsp3) is 0.929. The summed E-state index contributed by atoms with van der Waals surface area (Å²) in [6, 6.07) is 0.111. The van der Waals surface area contributed by atoms with E-state index in [0.29, 0.717) is 5.91 Å². The number of carbonyl (C=O) groups is 1. The average Bonchev–Trinajstić information content (AvgIpc) is 2.39. The minimum absolute atomic E-state index is 0. The molecule has 0 aromatic carbocycles. The van der Waals surface area contributed by atoms with Crippen LogP contribution in [0.2, 0.25) is 0 Å². The maximum absolute atomic E-state index is 12.3. The van der Waals surface area contributed by atoms with Gasteiger partial charge in [0.15, 0.2) is 0 Å². The van der Waals surface area contributed by atoms with Crippen LogP contribution in [0.3, 0.4) is 0 Å². The molecule has 0 aromatic rings. The second-order valence-electron chi connectivity index (χ2n) is 5.91. The monoisotopic (exact) mass is 274 g/mol. The third-order valence-electron chi connectivity index (χ3n) is 4.40. The van der Waals surface area contributed by atoms with Crippen molar-refractivity contribution in [1.82, 2.24) is 10.2 Å². The molecule has 18 heavy (non-hydrogen) atoms. The maximum atomic E-state index is 12.3. The van der Waals surface area contributed by atoms with E-state index in [1.807, 2.05) is 0 Å². The fourth-order valence-corrected chi connectivity index (χ4v) is 3.07. The van der Waals surface area contributed by atoms with Crippen LogP contribution in [-0.4, -0.2) is 36.5 Å². The third kappa shape index (κ3) is 3.86. The van der Waals surface area contributed by atoms with Gasteiger partial charge < -0.3 is 10.2 Å². The SMILES string of the molecule is CC(C)C1CCN(C(=O)[C@H]2CCCCN2)CC1.Cl. The molecular weight excluding hydrogens is 248 g/mol. The lowest BCUT2D eigenvalue weighted by atomic mass is 9.86. The van der Waals surface area contributed by atoms with Crippen molar-refractivity contribution in [2.75, 3.05) is 19.6 Å². The summed E-state index contributed by atoms with van der Waals surface area (Å²) in [6.45, 7) is 7.55. The minimum atomic E-state index is 0. The average molecular weight is 275 g/mol. The van der Waals surface area contributed by atoms with Crippen LogP contribution >= 0.6 is 12.4 Å². The molecule has 0 bridgehead atoms. The molecule has 1 N–H and O–H groups in total. The van der Waals surface area contributed by atoms with Gasteiger partial charge in [0.05, 0.1) is 6.04 Å². The van der Waals surface area contributed by atoms with E-state index in [9.17, 15) is 4.79 Å². The summed E-state index contributed by atoms with van der Waals surface area (Å²) in [5.41, 5.74) is 0. The second-order valence-corrected chi connectivity index (χ2v) is 5.91. The molecule has 1 amide bonds. The van der Waals surface area contributed by atoms with Crippen LogP contribution < -0.4 is 5.32 Å². The summed E-state index contributed by atoms with van der Waals surface area (Å²) in [6.07, 6.45) is 5.83. The molecule has 2 aliphatic rings. The first-order valence-corrected chi connectivity index (χ1v) is 7.20. The lowest BCUT2D eigenvalue weighted by Gasteiger charge is -2.36. The Morgan fingerprint density at radius 2 is 1.83 bits per heavy atom. The van der Waals surface area contributed by atoms with Crippen molar-refractivity contribution in [3.05, 3.63) is 0 Å². The van der Waals surface area contributed by atoms with Gasteiger partial charge in [-0.3, -0.25) is 4.79 Å². The number of likely N-dealkylation sites (tertiary alicyclic amines) is 1. The minimum Gasteiger partial charge on any atom is -0.341 e. The predicted octanol–water partition coefficient (Wildman–Crippen LogP) is 2.44. The van der Waals surface area contributed by atoms with Gasteiger partial charge in [-0.1, -0.05) is 20.3 Å². The molecule has 106 valence electrons. The Bertz CT molecular complexity index is 257. The topological polar surface area (TPSA) is 32.3 Å². The molecule has 2 heterocycles. The number of hydrogen-bond acceptors (Lipinski definition) is 2. The van der Waals surface area contributed by atoms with Gasteiger partial charge in [-0.25, -0.2) is 0 Å². The maximum Gasteiger partial charge on any atom is 0.239 e. The summed E-state index contributed by atoms with van der Waals surface area (Å²) < 4.78 is 0. The first-order chi connectivity index (χ1) is 8.18. The molecule has 2 rings (SSSR count). The highest BCUT2D eigenvalue weighted by atomic mass is 35.5. The quantitative estimate of drug-likeness (QED) is 0.839. The summed E-state index contributed by atoms with van der Waals surface area (Å²) in [5, 5.41) is 3.36. The van der Waals surface area contributed by atoms with E-state index < -0.39 is 0 Å². The lowest BCUT2D eigenvalue weighted by molar-refractivity contribution is -0.135. The molecule has 0 radical (unpaired) electrons. The van der Waals surface area contributed by atoms with Crippen molar-refractivity contribution < 1.29 is 4.79 Å². The van der Waals surface area contributed by atoms with Crippen molar-refractivity contribution in [3.8, 4) is 0 Å². The van der Waals surface area contributed by atoms with Crippen molar-refractivity contribution >= 4 is 18.3 Å². The molecule has 2 saturated heterocycles. The third-order valence-corrected chi connectivity index (χ3v) is 4.40. The Labute approximate surface area is 117 Å². The number of amides is 1. The summed E-state index contributed by atoms with van der Waals surface area (Å²) in [5.74, 6) is 1.94. The zero-order chi connectivity index (χ0) is 12.3. The number of nitrogens with zero attached hydrogens (tertiary/aromatic N) is 1.